The molecule has 2 unspecified atom stereocenters. The number of rotatable bonds is 5. The van der Waals surface area contributed by atoms with Gasteiger partial charge < -0.3 is 14.7 Å². The van der Waals surface area contributed by atoms with Crippen molar-refractivity contribution in [3.63, 3.8) is 0 Å². The summed E-state index contributed by atoms with van der Waals surface area (Å²) < 4.78 is 5.50. The van der Waals surface area contributed by atoms with Crippen molar-refractivity contribution in [3.05, 3.63) is 23.0 Å². The van der Waals surface area contributed by atoms with Gasteiger partial charge in [-0.25, -0.2) is 0 Å². The quantitative estimate of drug-likeness (QED) is 0.844. The van der Waals surface area contributed by atoms with Crippen molar-refractivity contribution in [2.75, 3.05) is 32.8 Å². The van der Waals surface area contributed by atoms with Crippen molar-refractivity contribution < 1.29 is 9.84 Å². The van der Waals surface area contributed by atoms with Crippen LogP contribution in [0, 0.1) is 11.8 Å². The Kier molecular flexibility index (Phi) is 6.29. The molecule has 0 bridgehead atoms. The molecular weight excluding hydrogens is 288 g/mol. The number of hydrogen-bond donors (Lipinski definition) is 1. The van der Waals surface area contributed by atoms with Crippen molar-refractivity contribution in [1.29, 1.82) is 0 Å². The first kappa shape index (κ1) is 18.5. The third kappa shape index (κ3) is 3.81. The summed E-state index contributed by atoms with van der Waals surface area (Å²) in [5.41, 5.74) is 4.04. The van der Waals surface area contributed by atoms with E-state index in [9.17, 15) is 5.11 Å². The van der Waals surface area contributed by atoms with Gasteiger partial charge in [-0.15, -0.1) is 0 Å². The Morgan fingerprint density at radius 2 is 1.83 bits per heavy atom. The molecule has 0 amide bonds. The Morgan fingerprint density at radius 3 is 2.30 bits per heavy atom. The van der Waals surface area contributed by atoms with Gasteiger partial charge in [-0.2, -0.15) is 0 Å². The molecule has 0 radical (unpaired) electrons. The first-order valence-electron chi connectivity index (χ1n) is 9.07. The zero-order valence-corrected chi connectivity index (χ0v) is 15.7. The molecular formula is C19H34N2O2. The second-order valence-corrected chi connectivity index (χ2v) is 7.18. The summed E-state index contributed by atoms with van der Waals surface area (Å²) in [6, 6.07) is 0.352. The Labute approximate surface area is 141 Å². The fraction of sp³-hybridized carbons (Fsp3) is 0.789. The number of aliphatic hydroxyl groups excluding tert-OH is 1. The molecule has 0 aromatic rings. The summed E-state index contributed by atoms with van der Waals surface area (Å²) in [6.45, 7) is 17.6. The van der Waals surface area contributed by atoms with Crippen LogP contribution in [0.4, 0.5) is 0 Å². The molecule has 0 saturated carbocycles. The van der Waals surface area contributed by atoms with E-state index in [4.69, 9.17) is 4.74 Å². The molecule has 132 valence electrons. The standard InChI is InChI=1S/C19H34N2O2/c1-7-20-12-17(13(2)3)18(16(6)22)14(4)19(20)15(5)21-8-10-23-11-9-21/h12-13,15-16,18,22H,7-11H2,1-6H3/t15?,16?,18-/m0/s1. The van der Waals surface area contributed by atoms with E-state index in [0.29, 0.717) is 12.0 Å². The lowest BCUT2D eigenvalue weighted by Gasteiger charge is -2.43. The maximum absolute atomic E-state index is 10.4. The smallest absolute Gasteiger partial charge is 0.0616 e. The normalized spacial score (nSPS) is 26.5. The highest BCUT2D eigenvalue weighted by atomic mass is 16.5. The first-order valence-corrected chi connectivity index (χ1v) is 9.07. The van der Waals surface area contributed by atoms with E-state index in [2.05, 4.69) is 50.6 Å². The lowest BCUT2D eigenvalue weighted by Crippen LogP contribution is -2.47. The molecule has 4 nitrogen and oxygen atoms in total. The molecule has 2 aliphatic heterocycles. The molecule has 23 heavy (non-hydrogen) atoms. The molecule has 2 rings (SSSR count). The lowest BCUT2D eigenvalue weighted by molar-refractivity contribution is 0.0221. The molecule has 2 aliphatic rings. The molecule has 2 heterocycles. The Balaban J connectivity index is 2.37. The van der Waals surface area contributed by atoms with Gasteiger partial charge in [-0.1, -0.05) is 13.8 Å². The van der Waals surface area contributed by atoms with E-state index in [0.717, 1.165) is 32.8 Å². The van der Waals surface area contributed by atoms with E-state index in [1.54, 1.807) is 0 Å². The van der Waals surface area contributed by atoms with Crippen LogP contribution in [-0.2, 0) is 4.74 Å². The van der Waals surface area contributed by atoms with E-state index in [-0.39, 0.29) is 12.0 Å². The Morgan fingerprint density at radius 1 is 1.22 bits per heavy atom. The molecule has 0 aliphatic carbocycles. The van der Waals surface area contributed by atoms with E-state index in [1.807, 2.05) is 6.92 Å². The van der Waals surface area contributed by atoms with E-state index < -0.39 is 0 Å². The summed E-state index contributed by atoms with van der Waals surface area (Å²) in [5.74, 6) is 0.579. The minimum atomic E-state index is -0.352. The highest BCUT2D eigenvalue weighted by molar-refractivity contribution is 5.35. The average molecular weight is 322 g/mol. The summed E-state index contributed by atoms with van der Waals surface area (Å²) in [4.78, 5) is 4.89. The van der Waals surface area contributed by atoms with Crippen LogP contribution in [0.25, 0.3) is 0 Å². The van der Waals surface area contributed by atoms with Gasteiger partial charge in [0.2, 0.25) is 0 Å². The van der Waals surface area contributed by atoms with Gasteiger partial charge in [0.25, 0.3) is 0 Å². The molecule has 1 N–H and O–H groups in total. The molecule has 1 saturated heterocycles. The van der Waals surface area contributed by atoms with Crippen molar-refractivity contribution >= 4 is 0 Å². The van der Waals surface area contributed by atoms with Gasteiger partial charge >= 0.3 is 0 Å². The molecule has 4 heteroatoms. The Hall–Kier alpha value is -0.840. The maximum Gasteiger partial charge on any atom is 0.0616 e. The monoisotopic (exact) mass is 322 g/mol. The fourth-order valence-corrected chi connectivity index (χ4v) is 4.08. The second-order valence-electron chi connectivity index (χ2n) is 7.18. The number of nitrogens with zero attached hydrogens (tertiary/aromatic N) is 2. The van der Waals surface area contributed by atoms with Crippen molar-refractivity contribution in [3.8, 4) is 0 Å². The highest BCUT2D eigenvalue weighted by Crippen LogP contribution is 2.38. The number of ether oxygens (including phenoxy) is 1. The minimum Gasteiger partial charge on any atom is -0.392 e. The predicted octanol–water partition coefficient (Wildman–Crippen LogP) is 2.85. The van der Waals surface area contributed by atoms with Crippen LogP contribution >= 0.6 is 0 Å². The topological polar surface area (TPSA) is 35.9 Å². The van der Waals surface area contributed by atoms with Gasteiger partial charge in [0.15, 0.2) is 0 Å². The zero-order valence-electron chi connectivity index (χ0n) is 15.7. The van der Waals surface area contributed by atoms with E-state index >= 15 is 0 Å². The van der Waals surface area contributed by atoms with Crippen LogP contribution in [0.2, 0.25) is 0 Å². The number of morpholine rings is 1. The molecule has 3 atom stereocenters. The Bertz CT molecular complexity index is 462. The van der Waals surface area contributed by atoms with E-state index in [1.165, 1.54) is 16.8 Å². The zero-order chi connectivity index (χ0) is 17.1. The fourth-order valence-electron chi connectivity index (χ4n) is 4.08. The SMILES string of the molecule is CCN1C=C(C(C)C)[C@H](C(C)O)C(C)=C1C(C)N1CCOCC1. The number of likely N-dealkylation sites (N-methyl/N-ethyl adjacent to an activating group) is 1. The summed E-state index contributed by atoms with van der Waals surface area (Å²) in [7, 11) is 0. The summed E-state index contributed by atoms with van der Waals surface area (Å²) in [5, 5.41) is 10.4. The number of hydrogen-bond acceptors (Lipinski definition) is 4. The van der Waals surface area contributed by atoms with Crippen LogP contribution in [0.3, 0.4) is 0 Å². The highest BCUT2D eigenvalue weighted by Gasteiger charge is 2.34. The van der Waals surface area contributed by atoms with Gasteiger partial charge in [-0.05, 0) is 44.8 Å². The largest absolute Gasteiger partial charge is 0.392 e. The molecule has 0 spiro atoms. The van der Waals surface area contributed by atoms with Crippen LogP contribution in [0.15, 0.2) is 23.0 Å². The van der Waals surface area contributed by atoms with Crippen LogP contribution in [-0.4, -0.2) is 59.9 Å². The maximum atomic E-state index is 10.4. The molecule has 1 fully saturated rings. The predicted molar refractivity (Wildman–Crippen MR) is 95.0 cm³/mol. The van der Waals surface area contributed by atoms with Crippen LogP contribution in [0.5, 0.6) is 0 Å². The van der Waals surface area contributed by atoms with Gasteiger partial charge in [-0.3, -0.25) is 4.90 Å². The summed E-state index contributed by atoms with van der Waals surface area (Å²) >= 11 is 0. The van der Waals surface area contributed by atoms with Crippen LogP contribution < -0.4 is 0 Å². The van der Waals surface area contributed by atoms with Crippen molar-refractivity contribution in [2.24, 2.45) is 11.8 Å². The van der Waals surface area contributed by atoms with Crippen molar-refractivity contribution in [1.82, 2.24) is 9.80 Å². The average Bonchev–Trinajstić information content (AvgIpc) is 2.53. The first-order chi connectivity index (χ1) is 10.9. The third-order valence-corrected chi connectivity index (χ3v) is 5.32. The molecule has 0 aromatic carbocycles. The molecule has 0 aromatic heterocycles. The number of aliphatic hydroxyl groups is 1. The van der Waals surface area contributed by atoms with Crippen LogP contribution in [0.1, 0.15) is 41.5 Å². The lowest BCUT2D eigenvalue weighted by atomic mass is 9.78. The minimum absolute atomic E-state index is 0.135. The van der Waals surface area contributed by atoms with Crippen molar-refractivity contribution in [2.45, 2.75) is 53.7 Å². The van der Waals surface area contributed by atoms with Gasteiger partial charge in [0.1, 0.15) is 0 Å². The second kappa shape index (κ2) is 7.82. The van der Waals surface area contributed by atoms with Gasteiger partial charge in [0, 0.05) is 43.5 Å². The third-order valence-electron chi connectivity index (χ3n) is 5.32. The van der Waals surface area contributed by atoms with Gasteiger partial charge in [0.05, 0.1) is 19.3 Å². The summed E-state index contributed by atoms with van der Waals surface area (Å²) in [6.07, 6.45) is 1.94.